The van der Waals surface area contributed by atoms with Crippen molar-refractivity contribution < 1.29 is 9.53 Å². The molecular weight excluding hydrogens is 405 g/mol. The number of carbonyl (C=O) groups excluding carboxylic acids is 1. The highest BCUT2D eigenvalue weighted by atomic mass is 79.9. The number of fused-ring (bicyclic) bond motifs is 1. The molecule has 0 N–H and O–H groups in total. The Kier molecular flexibility index (Phi) is 4.66. The largest absolute Gasteiger partial charge is 0.465 e. The van der Waals surface area contributed by atoms with E-state index in [9.17, 15) is 4.79 Å². The zero-order chi connectivity index (χ0) is 16.6. The number of esters is 1. The maximum Gasteiger partial charge on any atom is 0.327 e. The molecule has 0 aliphatic heterocycles. The molecule has 3 rings (SSSR count). The Morgan fingerprint density at radius 2 is 2.13 bits per heavy atom. The van der Waals surface area contributed by atoms with E-state index in [2.05, 4.69) is 21.0 Å². The van der Waals surface area contributed by atoms with Crippen molar-refractivity contribution in [1.82, 2.24) is 14.3 Å². The first-order chi connectivity index (χ1) is 11.0. The SMILES string of the molecule is CCOC(=O)Cn1cc(-n2cc(Br)c3ccc(Cl)c(Cl)c32)cn1. The number of carbonyl (C=O) groups is 1. The fourth-order valence-corrected chi connectivity index (χ4v) is 3.25. The monoisotopic (exact) mass is 415 g/mol. The molecule has 0 aliphatic rings. The van der Waals surface area contributed by atoms with Gasteiger partial charge in [0.15, 0.2) is 0 Å². The normalized spacial score (nSPS) is 11.1. The minimum absolute atomic E-state index is 0.0582. The van der Waals surface area contributed by atoms with E-state index in [0.29, 0.717) is 16.7 Å². The van der Waals surface area contributed by atoms with Gasteiger partial charge in [-0.1, -0.05) is 29.3 Å². The molecule has 0 amide bonds. The number of ether oxygens (including phenoxy) is 1. The van der Waals surface area contributed by atoms with Crippen LogP contribution in [0.15, 0.2) is 35.2 Å². The van der Waals surface area contributed by atoms with Gasteiger partial charge in [0.2, 0.25) is 0 Å². The van der Waals surface area contributed by atoms with Crippen molar-refractivity contribution in [3.8, 4) is 5.69 Å². The van der Waals surface area contributed by atoms with Crippen LogP contribution in [0, 0.1) is 0 Å². The third kappa shape index (κ3) is 3.11. The van der Waals surface area contributed by atoms with Gasteiger partial charge in [0.05, 0.1) is 34.1 Å². The molecule has 2 heterocycles. The Labute approximate surface area is 150 Å². The highest BCUT2D eigenvalue weighted by Gasteiger charge is 2.15. The Morgan fingerprint density at radius 3 is 2.87 bits per heavy atom. The first-order valence-electron chi connectivity index (χ1n) is 6.84. The van der Waals surface area contributed by atoms with E-state index in [4.69, 9.17) is 27.9 Å². The van der Waals surface area contributed by atoms with E-state index < -0.39 is 0 Å². The number of benzene rings is 1. The number of hydrogen-bond acceptors (Lipinski definition) is 3. The highest BCUT2D eigenvalue weighted by Crippen LogP contribution is 2.37. The molecule has 8 heteroatoms. The number of rotatable bonds is 4. The van der Waals surface area contributed by atoms with Crippen molar-refractivity contribution in [1.29, 1.82) is 0 Å². The van der Waals surface area contributed by atoms with Crippen LogP contribution < -0.4 is 0 Å². The zero-order valence-corrected chi connectivity index (χ0v) is 15.2. The van der Waals surface area contributed by atoms with Crippen LogP contribution in [0.4, 0.5) is 0 Å². The minimum atomic E-state index is -0.332. The summed E-state index contributed by atoms with van der Waals surface area (Å²) in [6.45, 7) is 2.17. The first kappa shape index (κ1) is 16.4. The van der Waals surface area contributed by atoms with Gasteiger partial charge in [-0.05, 0) is 28.9 Å². The van der Waals surface area contributed by atoms with Crippen LogP contribution in [-0.2, 0) is 16.1 Å². The molecular formula is C15H12BrCl2N3O2. The van der Waals surface area contributed by atoms with Gasteiger partial charge in [-0.3, -0.25) is 9.48 Å². The molecule has 2 aromatic heterocycles. The molecule has 1 aromatic carbocycles. The van der Waals surface area contributed by atoms with Crippen LogP contribution in [0.2, 0.25) is 10.0 Å². The Bertz CT molecular complexity index is 888. The summed E-state index contributed by atoms with van der Waals surface area (Å²) in [5.74, 6) is -0.332. The Morgan fingerprint density at radius 1 is 1.35 bits per heavy atom. The summed E-state index contributed by atoms with van der Waals surface area (Å²) in [5, 5.41) is 6.07. The molecule has 0 bridgehead atoms. The standard InChI is InChI=1S/C15H12BrCl2N3O2/c1-2-23-13(22)8-20-6-9(5-19-20)21-7-11(16)10-3-4-12(17)14(18)15(10)21/h3-7H,2,8H2,1H3. The smallest absolute Gasteiger partial charge is 0.327 e. The Hall–Kier alpha value is -1.50. The third-order valence-corrected chi connectivity index (χ3v) is 4.73. The van der Waals surface area contributed by atoms with Crippen molar-refractivity contribution in [3.05, 3.63) is 45.2 Å². The predicted octanol–water partition coefficient (Wildman–Crippen LogP) is 4.46. The van der Waals surface area contributed by atoms with E-state index in [1.54, 1.807) is 25.4 Å². The van der Waals surface area contributed by atoms with Crippen LogP contribution in [0.25, 0.3) is 16.6 Å². The van der Waals surface area contributed by atoms with Gasteiger partial charge in [-0.15, -0.1) is 0 Å². The lowest BCUT2D eigenvalue weighted by atomic mass is 10.2. The predicted molar refractivity (Wildman–Crippen MR) is 93.4 cm³/mol. The highest BCUT2D eigenvalue weighted by molar-refractivity contribution is 9.10. The second kappa shape index (κ2) is 6.55. The molecule has 0 saturated heterocycles. The molecule has 0 aliphatic carbocycles. The summed E-state index contributed by atoms with van der Waals surface area (Å²) < 4.78 is 9.21. The average Bonchev–Trinajstić information content (AvgIpc) is 3.08. The van der Waals surface area contributed by atoms with Gasteiger partial charge in [0, 0.05) is 22.3 Å². The van der Waals surface area contributed by atoms with Gasteiger partial charge in [-0.2, -0.15) is 5.10 Å². The molecule has 0 atom stereocenters. The first-order valence-corrected chi connectivity index (χ1v) is 8.39. The molecule has 0 saturated carbocycles. The lowest BCUT2D eigenvalue weighted by Crippen LogP contribution is -2.13. The molecule has 5 nitrogen and oxygen atoms in total. The quantitative estimate of drug-likeness (QED) is 0.590. The number of nitrogens with zero attached hydrogens (tertiary/aromatic N) is 3. The number of halogens is 3. The van der Waals surface area contributed by atoms with Crippen molar-refractivity contribution in [2.24, 2.45) is 0 Å². The lowest BCUT2D eigenvalue weighted by Gasteiger charge is -2.05. The molecule has 120 valence electrons. The summed E-state index contributed by atoms with van der Waals surface area (Å²) >= 11 is 16.0. The summed E-state index contributed by atoms with van der Waals surface area (Å²) in [6.07, 6.45) is 5.29. The van der Waals surface area contributed by atoms with Crippen LogP contribution in [-0.4, -0.2) is 26.9 Å². The molecule has 0 fully saturated rings. The van der Waals surface area contributed by atoms with E-state index in [1.165, 1.54) is 4.68 Å². The second-order valence-electron chi connectivity index (χ2n) is 4.81. The third-order valence-electron chi connectivity index (χ3n) is 3.30. The van der Waals surface area contributed by atoms with Crippen LogP contribution in [0.3, 0.4) is 0 Å². The maximum absolute atomic E-state index is 11.5. The Balaban J connectivity index is 2.03. The number of aromatic nitrogens is 3. The van der Waals surface area contributed by atoms with Gasteiger partial charge < -0.3 is 9.30 Å². The van der Waals surface area contributed by atoms with Gasteiger partial charge >= 0.3 is 5.97 Å². The molecule has 0 spiro atoms. The van der Waals surface area contributed by atoms with E-state index in [1.807, 2.05) is 16.8 Å². The van der Waals surface area contributed by atoms with Crippen molar-refractivity contribution >= 4 is 56.0 Å². The van der Waals surface area contributed by atoms with Crippen LogP contribution in [0.5, 0.6) is 0 Å². The van der Waals surface area contributed by atoms with Crippen LogP contribution in [0.1, 0.15) is 6.92 Å². The topological polar surface area (TPSA) is 49.0 Å². The van der Waals surface area contributed by atoms with E-state index in [-0.39, 0.29) is 12.5 Å². The van der Waals surface area contributed by atoms with Crippen molar-refractivity contribution in [2.75, 3.05) is 6.61 Å². The van der Waals surface area contributed by atoms with Gasteiger partial charge in [0.25, 0.3) is 0 Å². The average molecular weight is 417 g/mol. The summed E-state index contributed by atoms with van der Waals surface area (Å²) in [6, 6.07) is 3.65. The second-order valence-corrected chi connectivity index (χ2v) is 6.45. The molecule has 0 radical (unpaired) electrons. The maximum atomic E-state index is 11.5. The van der Waals surface area contributed by atoms with E-state index >= 15 is 0 Å². The van der Waals surface area contributed by atoms with Crippen molar-refractivity contribution in [2.45, 2.75) is 13.5 Å². The van der Waals surface area contributed by atoms with Crippen LogP contribution >= 0.6 is 39.1 Å². The zero-order valence-electron chi connectivity index (χ0n) is 12.1. The van der Waals surface area contributed by atoms with Gasteiger partial charge in [-0.25, -0.2) is 0 Å². The number of hydrogen-bond donors (Lipinski definition) is 0. The van der Waals surface area contributed by atoms with Gasteiger partial charge in [0.1, 0.15) is 6.54 Å². The summed E-state index contributed by atoms with van der Waals surface area (Å²) in [5.41, 5.74) is 1.55. The fourth-order valence-electron chi connectivity index (χ4n) is 2.32. The minimum Gasteiger partial charge on any atom is -0.465 e. The summed E-state index contributed by atoms with van der Waals surface area (Å²) in [4.78, 5) is 11.5. The van der Waals surface area contributed by atoms with Crippen molar-refractivity contribution in [3.63, 3.8) is 0 Å². The summed E-state index contributed by atoms with van der Waals surface area (Å²) in [7, 11) is 0. The lowest BCUT2D eigenvalue weighted by molar-refractivity contribution is -0.144. The molecule has 0 unspecified atom stereocenters. The van der Waals surface area contributed by atoms with E-state index in [0.717, 1.165) is 21.1 Å². The molecule has 23 heavy (non-hydrogen) atoms. The molecule has 3 aromatic rings. The fraction of sp³-hybridized carbons (Fsp3) is 0.200.